The molecule has 0 aliphatic heterocycles. The molecule has 0 bridgehead atoms. The van der Waals surface area contributed by atoms with Gasteiger partial charge in [0.2, 0.25) is 0 Å². The maximum atomic E-state index is 9.34. The molecule has 1 heterocycles. The van der Waals surface area contributed by atoms with Crippen molar-refractivity contribution < 1.29 is 10.2 Å². The van der Waals surface area contributed by atoms with Crippen molar-refractivity contribution in [2.24, 2.45) is 0 Å². The molecule has 1 aromatic heterocycles. The summed E-state index contributed by atoms with van der Waals surface area (Å²) in [7, 11) is 0. The lowest BCUT2D eigenvalue weighted by Crippen LogP contribution is -2.15. The van der Waals surface area contributed by atoms with Gasteiger partial charge in [0.15, 0.2) is 0 Å². The molecule has 1 rings (SSSR count). The van der Waals surface area contributed by atoms with Gasteiger partial charge in [-0.15, -0.1) is 11.8 Å². The van der Waals surface area contributed by atoms with E-state index in [1.165, 1.54) is 11.8 Å². The van der Waals surface area contributed by atoms with Crippen LogP contribution in [0, 0.1) is 0 Å². The second-order valence-corrected chi connectivity index (χ2v) is 5.07. The van der Waals surface area contributed by atoms with Gasteiger partial charge in [0.25, 0.3) is 0 Å². The molecule has 0 aliphatic carbocycles. The summed E-state index contributed by atoms with van der Waals surface area (Å²) in [6, 6.07) is 3.72. The molecule has 0 amide bonds. The summed E-state index contributed by atoms with van der Waals surface area (Å²) in [5, 5.41) is 19.6. The van der Waals surface area contributed by atoms with Gasteiger partial charge in [0.1, 0.15) is 0 Å². The van der Waals surface area contributed by atoms with Crippen LogP contribution in [0.4, 0.5) is 0 Å². The van der Waals surface area contributed by atoms with Gasteiger partial charge in [-0.05, 0) is 25.5 Å². The molecule has 0 fully saturated rings. The number of aliphatic hydroxyl groups excluding tert-OH is 2. The maximum Gasteiger partial charge on any atom is 0.0963 e. The van der Waals surface area contributed by atoms with Crippen LogP contribution in [0.15, 0.2) is 23.4 Å². The van der Waals surface area contributed by atoms with Crippen molar-refractivity contribution in [3.63, 3.8) is 0 Å². The minimum atomic E-state index is -0.481. The molecule has 0 saturated carbocycles. The molecule has 2 N–H and O–H groups in total. The fourth-order valence-corrected chi connectivity index (χ4v) is 1.84. The van der Waals surface area contributed by atoms with Crippen molar-refractivity contribution in [2.45, 2.75) is 43.3 Å². The monoisotopic (exact) mass is 227 g/mol. The van der Waals surface area contributed by atoms with E-state index < -0.39 is 6.10 Å². The molecule has 3 unspecified atom stereocenters. The number of rotatable bonds is 4. The summed E-state index contributed by atoms with van der Waals surface area (Å²) in [6.07, 6.45) is 0.834. The number of thioether (sulfide) groups is 1. The Morgan fingerprint density at radius 1 is 1.20 bits per heavy atom. The van der Waals surface area contributed by atoms with E-state index in [1.807, 2.05) is 19.1 Å². The second kappa shape index (κ2) is 5.49. The number of nitrogens with zero attached hydrogens (tertiary/aromatic N) is 1. The highest BCUT2D eigenvalue weighted by molar-refractivity contribution is 7.99. The van der Waals surface area contributed by atoms with Crippen molar-refractivity contribution in [2.75, 3.05) is 0 Å². The molecule has 0 radical (unpaired) electrons. The predicted octanol–water partition coefficient (Wildman–Crippen LogP) is 2.00. The Hall–Kier alpha value is -0.580. The summed E-state index contributed by atoms with van der Waals surface area (Å²) in [5.74, 6) is 0. The van der Waals surface area contributed by atoms with E-state index in [9.17, 15) is 10.2 Å². The highest BCUT2D eigenvalue weighted by atomic mass is 32.2. The van der Waals surface area contributed by atoms with Crippen molar-refractivity contribution in [1.29, 1.82) is 0 Å². The lowest BCUT2D eigenvalue weighted by atomic mass is 10.2. The number of pyridine rings is 1. The molecule has 0 saturated heterocycles. The first kappa shape index (κ1) is 12.5. The zero-order chi connectivity index (χ0) is 11.4. The molecule has 0 aliphatic rings. The lowest BCUT2D eigenvalue weighted by Gasteiger charge is -2.13. The summed E-state index contributed by atoms with van der Waals surface area (Å²) in [4.78, 5) is 4.21. The predicted molar refractivity (Wildman–Crippen MR) is 61.9 cm³/mol. The number of hydrogen-bond donors (Lipinski definition) is 2. The highest BCUT2D eigenvalue weighted by Gasteiger charge is 2.11. The van der Waals surface area contributed by atoms with Crippen LogP contribution in [-0.2, 0) is 0 Å². The topological polar surface area (TPSA) is 53.4 Å². The van der Waals surface area contributed by atoms with E-state index in [1.54, 1.807) is 20.0 Å². The molecule has 3 atom stereocenters. The van der Waals surface area contributed by atoms with Crippen molar-refractivity contribution >= 4 is 11.8 Å². The van der Waals surface area contributed by atoms with Crippen LogP contribution in [0.2, 0.25) is 0 Å². The summed E-state index contributed by atoms with van der Waals surface area (Å²) in [5.41, 5.74) is 0.809. The first-order valence-corrected chi connectivity index (χ1v) is 5.87. The molecular formula is C11H17NO2S. The SMILES string of the molecule is CC(O)c1ccc(SC(C)C(C)O)nc1. The van der Waals surface area contributed by atoms with Gasteiger partial charge in [-0.25, -0.2) is 4.98 Å². The van der Waals surface area contributed by atoms with E-state index in [-0.39, 0.29) is 11.4 Å². The molecule has 0 aromatic carbocycles. The Labute approximate surface area is 94.6 Å². The van der Waals surface area contributed by atoms with Crippen LogP contribution in [0.5, 0.6) is 0 Å². The van der Waals surface area contributed by atoms with Crippen LogP contribution < -0.4 is 0 Å². The smallest absolute Gasteiger partial charge is 0.0963 e. The first-order valence-electron chi connectivity index (χ1n) is 4.99. The lowest BCUT2D eigenvalue weighted by molar-refractivity contribution is 0.196. The highest BCUT2D eigenvalue weighted by Crippen LogP contribution is 2.24. The van der Waals surface area contributed by atoms with Crippen molar-refractivity contribution in [1.82, 2.24) is 4.98 Å². The van der Waals surface area contributed by atoms with Gasteiger partial charge in [-0.3, -0.25) is 0 Å². The molecule has 0 spiro atoms. The van der Waals surface area contributed by atoms with Crippen LogP contribution in [0.25, 0.3) is 0 Å². The number of aromatic nitrogens is 1. The molecule has 15 heavy (non-hydrogen) atoms. The van der Waals surface area contributed by atoms with E-state index in [0.29, 0.717) is 0 Å². The third-order valence-electron chi connectivity index (χ3n) is 2.23. The van der Waals surface area contributed by atoms with E-state index in [2.05, 4.69) is 4.98 Å². The van der Waals surface area contributed by atoms with E-state index >= 15 is 0 Å². The summed E-state index contributed by atoms with van der Waals surface area (Å²) >= 11 is 1.53. The zero-order valence-electron chi connectivity index (χ0n) is 9.21. The second-order valence-electron chi connectivity index (χ2n) is 3.67. The van der Waals surface area contributed by atoms with Gasteiger partial charge in [-0.1, -0.05) is 13.0 Å². The standard InChI is InChI=1S/C11H17NO2S/c1-7(13)9(3)15-11-5-4-10(6-12-11)8(2)14/h4-9,13-14H,1-3H3. The minimum absolute atomic E-state index is 0.120. The van der Waals surface area contributed by atoms with Crippen molar-refractivity contribution in [3.8, 4) is 0 Å². The third kappa shape index (κ3) is 3.81. The van der Waals surface area contributed by atoms with Gasteiger partial charge in [0, 0.05) is 11.4 Å². The van der Waals surface area contributed by atoms with E-state index in [4.69, 9.17) is 0 Å². The summed E-state index contributed by atoms with van der Waals surface area (Å²) in [6.45, 7) is 5.43. The average molecular weight is 227 g/mol. The Balaban J connectivity index is 2.64. The molecule has 84 valence electrons. The van der Waals surface area contributed by atoms with Gasteiger partial charge < -0.3 is 10.2 Å². The molecular weight excluding hydrogens is 210 g/mol. The Morgan fingerprint density at radius 3 is 2.27 bits per heavy atom. The molecule has 1 aromatic rings. The number of aliphatic hydroxyl groups is 2. The average Bonchev–Trinajstić information content (AvgIpc) is 2.18. The zero-order valence-corrected chi connectivity index (χ0v) is 10.0. The molecule has 4 heteroatoms. The van der Waals surface area contributed by atoms with Gasteiger partial charge >= 0.3 is 0 Å². The van der Waals surface area contributed by atoms with Crippen LogP contribution in [0.1, 0.15) is 32.4 Å². The Morgan fingerprint density at radius 2 is 1.87 bits per heavy atom. The van der Waals surface area contributed by atoms with Crippen molar-refractivity contribution in [3.05, 3.63) is 23.9 Å². The Bertz CT molecular complexity index is 298. The quantitative estimate of drug-likeness (QED) is 0.772. The molecule has 3 nitrogen and oxygen atoms in total. The normalized spacial score (nSPS) is 17.1. The van der Waals surface area contributed by atoms with Crippen LogP contribution in [-0.4, -0.2) is 26.6 Å². The van der Waals surface area contributed by atoms with Crippen LogP contribution >= 0.6 is 11.8 Å². The summed E-state index contributed by atoms with van der Waals surface area (Å²) < 4.78 is 0. The van der Waals surface area contributed by atoms with Gasteiger partial charge in [-0.2, -0.15) is 0 Å². The fraction of sp³-hybridized carbons (Fsp3) is 0.545. The first-order chi connectivity index (χ1) is 7.00. The Kier molecular flexibility index (Phi) is 4.57. The minimum Gasteiger partial charge on any atom is -0.392 e. The van der Waals surface area contributed by atoms with Gasteiger partial charge in [0.05, 0.1) is 17.2 Å². The largest absolute Gasteiger partial charge is 0.392 e. The third-order valence-corrected chi connectivity index (χ3v) is 3.48. The van der Waals surface area contributed by atoms with Crippen LogP contribution in [0.3, 0.4) is 0 Å². The fourth-order valence-electron chi connectivity index (χ4n) is 0.998. The maximum absolute atomic E-state index is 9.34. The van der Waals surface area contributed by atoms with E-state index in [0.717, 1.165) is 10.6 Å². The number of hydrogen-bond acceptors (Lipinski definition) is 4.